The molecule has 5 nitrogen and oxygen atoms in total. The predicted molar refractivity (Wildman–Crippen MR) is 74.8 cm³/mol. The van der Waals surface area contributed by atoms with Crippen LogP contribution in [-0.2, 0) is 0 Å². The van der Waals surface area contributed by atoms with E-state index in [-0.39, 0.29) is 0 Å². The van der Waals surface area contributed by atoms with Gasteiger partial charge in [0.15, 0.2) is 0 Å². The average Bonchev–Trinajstić information content (AvgIpc) is 2.49. The number of piperidine rings is 1. The summed E-state index contributed by atoms with van der Waals surface area (Å²) in [6, 6.07) is 6.40. The quantitative estimate of drug-likeness (QED) is 0.874. The van der Waals surface area contributed by atoms with Crippen LogP contribution in [0.2, 0.25) is 0 Å². The Hall–Kier alpha value is -2.01. The number of hydrogen-bond donors (Lipinski definition) is 2. The Kier molecular flexibility index (Phi) is 3.65. The normalized spacial score (nSPS) is 16.2. The van der Waals surface area contributed by atoms with Crippen molar-refractivity contribution in [2.75, 3.05) is 18.4 Å². The Balaban J connectivity index is 1.76. The SMILES string of the molecule is c1cncc(-c2cc(NC3CCNCC3)ncn2)c1. The van der Waals surface area contributed by atoms with Gasteiger partial charge in [0.05, 0.1) is 5.69 Å². The van der Waals surface area contributed by atoms with Crippen molar-refractivity contribution in [1.82, 2.24) is 20.3 Å². The van der Waals surface area contributed by atoms with Crippen LogP contribution in [0.15, 0.2) is 36.9 Å². The Morgan fingerprint density at radius 2 is 2.11 bits per heavy atom. The molecular formula is C14H17N5. The van der Waals surface area contributed by atoms with E-state index in [2.05, 4.69) is 25.6 Å². The van der Waals surface area contributed by atoms with Crippen molar-refractivity contribution in [3.05, 3.63) is 36.9 Å². The van der Waals surface area contributed by atoms with Gasteiger partial charge in [0.25, 0.3) is 0 Å². The summed E-state index contributed by atoms with van der Waals surface area (Å²) in [5.74, 6) is 0.890. The van der Waals surface area contributed by atoms with Crippen LogP contribution in [0.4, 0.5) is 5.82 Å². The van der Waals surface area contributed by atoms with Crippen molar-refractivity contribution < 1.29 is 0 Å². The maximum Gasteiger partial charge on any atom is 0.130 e. The van der Waals surface area contributed by atoms with Gasteiger partial charge in [0.2, 0.25) is 0 Å². The zero-order valence-corrected chi connectivity index (χ0v) is 10.7. The van der Waals surface area contributed by atoms with E-state index in [0.717, 1.165) is 43.0 Å². The highest BCUT2D eigenvalue weighted by Gasteiger charge is 2.13. The predicted octanol–water partition coefficient (Wildman–Crippen LogP) is 1.70. The van der Waals surface area contributed by atoms with E-state index >= 15 is 0 Å². The molecule has 0 aromatic carbocycles. The van der Waals surface area contributed by atoms with Crippen LogP contribution >= 0.6 is 0 Å². The summed E-state index contributed by atoms with van der Waals surface area (Å²) in [5.41, 5.74) is 1.91. The van der Waals surface area contributed by atoms with Gasteiger partial charge >= 0.3 is 0 Å². The molecular weight excluding hydrogens is 238 g/mol. The molecule has 3 heterocycles. The summed E-state index contributed by atoms with van der Waals surface area (Å²) in [6.45, 7) is 2.14. The first-order valence-corrected chi connectivity index (χ1v) is 6.61. The van der Waals surface area contributed by atoms with Gasteiger partial charge in [-0.15, -0.1) is 0 Å². The molecule has 0 saturated carbocycles. The number of hydrogen-bond acceptors (Lipinski definition) is 5. The Labute approximate surface area is 112 Å². The second kappa shape index (κ2) is 5.75. The maximum atomic E-state index is 4.30. The molecule has 3 rings (SSSR count). The molecule has 5 heteroatoms. The Bertz CT molecular complexity index is 522. The van der Waals surface area contributed by atoms with E-state index < -0.39 is 0 Å². The second-order valence-corrected chi connectivity index (χ2v) is 4.70. The number of nitrogens with zero attached hydrogens (tertiary/aromatic N) is 3. The minimum absolute atomic E-state index is 0.498. The first-order valence-electron chi connectivity index (χ1n) is 6.61. The highest BCUT2D eigenvalue weighted by molar-refractivity contribution is 5.60. The lowest BCUT2D eigenvalue weighted by atomic mass is 10.1. The van der Waals surface area contributed by atoms with Crippen molar-refractivity contribution in [1.29, 1.82) is 0 Å². The summed E-state index contributed by atoms with van der Waals surface area (Å²) in [7, 11) is 0. The fraction of sp³-hybridized carbons (Fsp3) is 0.357. The molecule has 0 bridgehead atoms. The van der Waals surface area contributed by atoms with Gasteiger partial charge in [-0.05, 0) is 38.1 Å². The van der Waals surface area contributed by atoms with Crippen molar-refractivity contribution in [3.63, 3.8) is 0 Å². The molecule has 0 radical (unpaired) electrons. The Morgan fingerprint density at radius 3 is 2.89 bits per heavy atom. The second-order valence-electron chi connectivity index (χ2n) is 4.70. The van der Waals surface area contributed by atoms with Gasteiger partial charge in [-0.2, -0.15) is 0 Å². The summed E-state index contributed by atoms with van der Waals surface area (Å²) >= 11 is 0. The molecule has 1 saturated heterocycles. The summed E-state index contributed by atoms with van der Waals surface area (Å²) < 4.78 is 0. The van der Waals surface area contributed by atoms with Gasteiger partial charge in [0, 0.05) is 30.1 Å². The molecule has 2 aromatic heterocycles. The molecule has 1 aliphatic rings. The van der Waals surface area contributed by atoms with Gasteiger partial charge in [0.1, 0.15) is 12.1 Å². The van der Waals surface area contributed by atoms with Gasteiger partial charge in [-0.25, -0.2) is 9.97 Å². The van der Waals surface area contributed by atoms with Crippen LogP contribution in [0.1, 0.15) is 12.8 Å². The van der Waals surface area contributed by atoms with Crippen LogP contribution in [0.5, 0.6) is 0 Å². The monoisotopic (exact) mass is 255 g/mol. The number of pyridine rings is 1. The fourth-order valence-electron chi connectivity index (χ4n) is 2.28. The minimum Gasteiger partial charge on any atom is -0.367 e. The van der Waals surface area contributed by atoms with Crippen LogP contribution in [0.3, 0.4) is 0 Å². The van der Waals surface area contributed by atoms with Gasteiger partial charge in [-0.3, -0.25) is 4.98 Å². The molecule has 19 heavy (non-hydrogen) atoms. The number of aromatic nitrogens is 3. The zero-order chi connectivity index (χ0) is 12.9. The highest BCUT2D eigenvalue weighted by Crippen LogP contribution is 2.18. The van der Waals surface area contributed by atoms with E-state index in [1.54, 1.807) is 12.5 Å². The van der Waals surface area contributed by atoms with Crippen LogP contribution in [-0.4, -0.2) is 34.1 Å². The zero-order valence-electron chi connectivity index (χ0n) is 10.7. The van der Waals surface area contributed by atoms with Gasteiger partial charge in [-0.1, -0.05) is 0 Å². The minimum atomic E-state index is 0.498. The standard InChI is InChI=1S/C14H17N5/c1-2-11(9-16-5-1)13-8-14(18-10-17-13)19-12-3-6-15-7-4-12/h1-2,5,8-10,12,15H,3-4,6-7H2,(H,17,18,19). The molecule has 1 fully saturated rings. The molecule has 0 amide bonds. The highest BCUT2D eigenvalue weighted by atomic mass is 15.1. The number of rotatable bonds is 3. The maximum absolute atomic E-state index is 4.30. The molecule has 0 spiro atoms. The first-order chi connectivity index (χ1) is 9.42. The molecule has 1 aliphatic heterocycles. The van der Waals surface area contributed by atoms with Crippen LogP contribution in [0.25, 0.3) is 11.3 Å². The molecule has 0 atom stereocenters. The van der Waals surface area contributed by atoms with Crippen LogP contribution < -0.4 is 10.6 Å². The molecule has 2 aromatic rings. The van der Waals surface area contributed by atoms with Crippen LogP contribution in [0, 0.1) is 0 Å². The third-order valence-corrected chi connectivity index (χ3v) is 3.32. The van der Waals surface area contributed by atoms with E-state index in [4.69, 9.17) is 0 Å². The molecule has 98 valence electrons. The van der Waals surface area contributed by atoms with Gasteiger partial charge < -0.3 is 10.6 Å². The third-order valence-electron chi connectivity index (χ3n) is 3.32. The topological polar surface area (TPSA) is 62.7 Å². The van der Waals surface area contributed by atoms with Crippen molar-refractivity contribution >= 4 is 5.82 Å². The number of nitrogens with one attached hydrogen (secondary N) is 2. The lowest BCUT2D eigenvalue weighted by Crippen LogP contribution is -2.35. The lowest BCUT2D eigenvalue weighted by Gasteiger charge is -2.24. The lowest BCUT2D eigenvalue weighted by molar-refractivity contribution is 0.478. The molecule has 0 aliphatic carbocycles. The number of anilines is 1. The van der Waals surface area contributed by atoms with Crippen molar-refractivity contribution in [3.8, 4) is 11.3 Å². The van der Waals surface area contributed by atoms with Crippen molar-refractivity contribution in [2.24, 2.45) is 0 Å². The van der Waals surface area contributed by atoms with E-state index in [0.29, 0.717) is 6.04 Å². The Morgan fingerprint density at radius 1 is 1.21 bits per heavy atom. The average molecular weight is 255 g/mol. The van der Waals surface area contributed by atoms with E-state index in [1.165, 1.54) is 0 Å². The fourth-order valence-corrected chi connectivity index (χ4v) is 2.28. The summed E-state index contributed by atoms with van der Waals surface area (Å²) in [6.07, 6.45) is 7.44. The van der Waals surface area contributed by atoms with E-state index in [9.17, 15) is 0 Å². The largest absolute Gasteiger partial charge is 0.367 e. The molecule has 2 N–H and O–H groups in total. The summed E-state index contributed by atoms with van der Waals surface area (Å²) in [4.78, 5) is 12.7. The van der Waals surface area contributed by atoms with Crippen molar-refractivity contribution in [2.45, 2.75) is 18.9 Å². The summed E-state index contributed by atoms with van der Waals surface area (Å²) in [5, 5.41) is 6.84. The smallest absolute Gasteiger partial charge is 0.130 e. The first kappa shape index (κ1) is 12.0. The molecule has 0 unspecified atom stereocenters. The van der Waals surface area contributed by atoms with E-state index in [1.807, 2.05) is 24.4 Å². The third kappa shape index (κ3) is 3.06.